The van der Waals surface area contributed by atoms with Crippen molar-refractivity contribution in [2.75, 3.05) is 6.61 Å². The van der Waals surface area contributed by atoms with Crippen molar-refractivity contribution in [3.8, 4) is 5.75 Å². The van der Waals surface area contributed by atoms with E-state index < -0.39 is 0 Å². The molecule has 0 atom stereocenters. The summed E-state index contributed by atoms with van der Waals surface area (Å²) < 4.78 is 5.90. The van der Waals surface area contributed by atoms with E-state index in [-0.39, 0.29) is 0 Å². The molecule has 0 aliphatic carbocycles. The Balaban J connectivity index is 1.50. The molecule has 1 heterocycles. The summed E-state index contributed by atoms with van der Waals surface area (Å²) in [5.74, 6) is 0.976. The number of rotatable bonds is 13. The van der Waals surface area contributed by atoms with Crippen molar-refractivity contribution in [2.45, 2.75) is 71.6 Å². The largest absolute Gasteiger partial charge is 0.494 e. The van der Waals surface area contributed by atoms with Crippen LogP contribution in [0.2, 0.25) is 0 Å². The smallest absolute Gasteiger partial charge is 0.119 e. The van der Waals surface area contributed by atoms with Gasteiger partial charge in [0.25, 0.3) is 0 Å². The average Bonchev–Trinajstić information content (AvgIpc) is 2.82. The third-order valence-electron chi connectivity index (χ3n) is 5.57. The monoisotopic (exact) mass is 452 g/mol. The van der Waals surface area contributed by atoms with Crippen molar-refractivity contribution >= 4 is 31.4 Å². The second-order valence-electron chi connectivity index (χ2n) is 8.17. The quantitative estimate of drug-likeness (QED) is 0.221. The van der Waals surface area contributed by atoms with Gasteiger partial charge in [0.1, 0.15) is 5.75 Å². The molecule has 1 aliphatic rings. The van der Waals surface area contributed by atoms with Crippen LogP contribution in [0.4, 0.5) is 0 Å². The average molecular weight is 453 g/mol. The number of aryl methyl sites for hydroxylation is 1. The molecule has 166 valence electrons. The first-order valence-electron chi connectivity index (χ1n) is 11.9. The molecule has 0 saturated heterocycles. The van der Waals surface area contributed by atoms with Crippen LogP contribution in [0, 0.1) is 0 Å². The van der Waals surface area contributed by atoms with Crippen LogP contribution in [0.3, 0.4) is 0 Å². The molecule has 1 nitrogen and oxygen atoms in total. The summed E-state index contributed by atoms with van der Waals surface area (Å²) in [7, 11) is 3.70. The lowest BCUT2D eigenvalue weighted by atomic mass is 10.0. The molecule has 0 amide bonds. The molecule has 2 aromatic carbocycles. The van der Waals surface area contributed by atoms with Crippen LogP contribution < -0.4 is 4.74 Å². The number of benzene rings is 2. The Kier molecular flexibility index (Phi) is 10.7. The number of allylic oxidation sites excluding steroid dienone is 2. The fourth-order valence-corrected chi connectivity index (χ4v) is 5.95. The summed E-state index contributed by atoms with van der Waals surface area (Å²) in [6.45, 7) is 5.33. The maximum Gasteiger partial charge on any atom is 0.119 e. The summed E-state index contributed by atoms with van der Waals surface area (Å²) in [5.41, 5.74) is 4.02. The minimum absolute atomic E-state index is 0.819. The Morgan fingerprint density at radius 1 is 0.613 bits per heavy atom. The van der Waals surface area contributed by atoms with Gasteiger partial charge in [0.05, 0.1) is 6.61 Å². The van der Waals surface area contributed by atoms with Crippen molar-refractivity contribution in [1.82, 2.24) is 0 Å². The first-order chi connectivity index (χ1) is 15.3. The summed E-state index contributed by atoms with van der Waals surface area (Å²) >= 11 is 0. The van der Waals surface area contributed by atoms with Crippen LogP contribution in [0.1, 0.15) is 81.9 Å². The lowest BCUT2D eigenvalue weighted by molar-refractivity contribution is 0.304. The van der Waals surface area contributed by atoms with E-state index in [4.69, 9.17) is 4.74 Å². The van der Waals surface area contributed by atoms with Crippen molar-refractivity contribution in [2.24, 2.45) is 0 Å². The van der Waals surface area contributed by atoms with Gasteiger partial charge in [-0.15, -0.1) is 0 Å². The van der Waals surface area contributed by atoms with Crippen LogP contribution in [0.25, 0.3) is 9.81 Å². The lowest BCUT2D eigenvalue weighted by Gasteiger charge is -2.15. The van der Waals surface area contributed by atoms with E-state index in [1.807, 2.05) is 21.6 Å². The normalized spacial score (nSPS) is 13.6. The molecular formula is C28H36OS2. The van der Waals surface area contributed by atoms with E-state index >= 15 is 0 Å². The van der Waals surface area contributed by atoms with E-state index in [2.05, 4.69) is 74.5 Å². The van der Waals surface area contributed by atoms with E-state index in [1.165, 1.54) is 77.9 Å². The number of ether oxygens (including phenoxy) is 1. The molecule has 0 N–H and O–H groups in total. The van der Waals surface area contributed by atoms with Crippen molar-refractivity contribution in [3.63, 3.8) is 0 Å². The Hall–Kier alpha value is -1.58. The van der Waals surface area contributed by atoms with Gasteiger partial charge >= 0.3 is 0 Å². The number of hydrogen-bond donors (Lipinski definition) is 0. The highest BCUT2D eigenvalue weighted by Gasteiger charge is 2.12. The second-order valence-corrected chi connectivity index (χ2v) is 10.4. The molecule has 0 unspecified atom stereocenters. The van der Waals surface area contributed by atoms with Crippen LogP contribution >= 0.6 is 21.6 Å². The first kappa shape index (κ1) is 24.1. The fourth-order valence-electron chi connectivity index (χ4n) is 3.61. The van der Waals surface area contributed by atoms with Gasteiger partial charge in [0.15, 0.2) is 0 Å². The molecule has 0 aromatic heterocycles. The van der Waals surface area contributed by atoms with Gasteiger partial charge < -0.3 is 4.74 Å². The maximum atomic E-state index is 5.90. The lowest BCUT2D eigenvalue weighted by Crippen LogP contribution is -1.97. The highest BCUT2D eigenvalue weighted by molar-refractivity contribution is 8.83. The van der Waals surface area contributed by atoms with E-state index in [0.717, 1.165) is 18.8 Å². The van der Waals surface area contributed by atoms with Crippen molar-refractivity contribution in [1.29, 1.82) is 0 Å². The van der Waals surface area contributed by atoms with E-state index in [0.29, 0.717) is 0 Å². The van der Waals surface area contributed by atoms with Crippen molar-refractivity contribution in [3.05, 3.63) is 77.4 Å². The molecule has 0 fully saturated rings. The zero-order valence-electron chi connectivity index (χ0n) is 19.1. The summed E-state index contributed by atoms with van der Waals surface area (Å²) in [6, 6.07) is 17.7. The Bertz CT molecular complexity index is 834. The first-order valence-corrected chi connectivity index (χ1v) is 14.0. The molecule has 0 bridgehead atoms. The third-order valence-corrected chi connectivity index (χ3v) is 8.08. The van der Waals surface area contributed by atoms with Gasteiger partial charge in [-0.3, -0.25) is 0 Å². The highest BCUT2D eigenvalue weighted by Crippen LogP contribution is 2.48. The maximum absolute atomic E-state index is 5.90. The molecule has 0 saturated carbocycles. The predicted octanol–water partition coefficient (Wildman–Crippen LogP) is 9.55. The molecule has 0 radical (unpaired) electrons. The molecule has 3 heteroatoms. The van der Waals surface area contributed by atoms with Crippen molar-refractivity contribution < 1.29 is 4.74 Å². The highest BCUT2D eigenvalue weighted by atomic mass is 33.1. The molecule has 3 rings (SSSR count). The minimum atomic E-state index is 0.819. The van der Waals surface area contributed by atoms with E-state index in [1.54, 1.807) is 0 Å². The predicted molar refractivity (Wildman–Crippen MR) is 142 cm³/mol. The van der Waals surface area contributed by atoms with Crippen LogP contribution in [-0.4, -0.2) is 6.61 Å². The molecule has 1 aliphatic heterocycles. The zero-order valence-corrected chi connectivity index (χ0v) is 20.7. The third kappa shape index (κ3) is 8.12. The minimum Gasteiger partial charge on any atom is -0.494 e. The summed E-state index contributed by atoms with van der Waals surface area (Å²) in [5, 5.41) is 0. The van der Waals surface area contributed by atoms with Gasteiger partial charge in [-0.2, -0.15) is 0 Å². The van der Waals surface area contributed by atoms with Crippen LogP contribution in [-0.2, 0) is 6.42 Å². The van der Waals surface area contributed by atoms with Gasteiger partial charge in [0, 0.05) is 9.81 Å². The summed E-state index contributed by atoms with van der Waals surface area (Å²) in [4.78, 5) is 2.63. The number of hydrogen-bond acceptors (Lipinski definition) is 3. The SMILES string of the molecule is CCCCCCCOc1ccc(C2=CC=C(c3ccc(CCCCC)cc3)SS2)cc1. The molecule has 0 spiro atoms. The van der Waals surface area contributed by atoms with E-state index in [9.17, 15) is 0 Å². The second kappa shape index (κ2) is 13.8. The van der Waals surface area contributed by atoms with Crippen LogP contribution in [0.15, 0.2) is 60.7 Å². The molecule has 2 aromatic rings. The zero-order chi connectivity index (χ0) is 21.7. The Morgan fingerprint density at radius 3 is 1.74 bits per heavy atom. The Morgan fingerprint density at radius 2 is 1.16 bits per heavy atom. The van der Waals surface area contributed by atoms with Gasteiger partial charge in [0.2, 0.25) is 0 Å². The van der Waals surface area contributed by atoms with Gasteiger partial charge in [-0.25, -0.2) is 0 Å². The topological polar surface area (TPSA) is 9.23 Å². The van der Waals surface area contributed by atoms with Gasteiger partial charge in [-0.1, -0.05) is 110 Å². The standard InChI is InChI=1S/C28H36OS2/c1-3-5-7-8-10-22-29-26-18-16-25(17-19-26)28-21-20-27(30-31-28)24-14-12-23(13-15-24)11-9-6-4-2/h12-21H,3-11,22H2,1-2H3. The van der Waals surface area contributed by atoms with Crippen LogP contribution in [0.5, 0.6) is 5.75 Å². The molecule has 31 heavy (non-hydrogen) atoms. The Labute approximate surface area is 197 Å². The van der Waals surface area contributed by atoms with Gasteiger partial charge in [-0.05, 0) is 60.2 Å². The number of unbranched alkanes of at least 4 members (excludes halogenated alkanes) is 6. The summed E-state index contributed by atoms with van der Waals surface area (Å²) in [6.07, 6.45) is 15.9. The fraction of sp³-hybridized carbons (Fsp3) is 0.429. The molecular weight excluding hydrogens is 416 g/mol.